The third kappa shape index (κ3) is 3.95. The van der Waals surface area contributed by atoms with E-state index >= 15 is 0 Å². The zero-order valence-corrected chi connectivity index (χ0v) is 15.9. The Bertz CT molecular complexity index is 908. The molecule has 1 fully saturated rings. The molecule has 0 spiro atoms. The first-order valence-corrected chi connectivity index (χ1v) is 9.71. The van der Waals surface area contributed by atoms with E-state index in [1.807, 2.05) is 53.4 Å². The molecule has 3 heterocycles. The number of methoxy groups -OCH3 is 1. The summed E-state index contributed by atoms with van der Waals surface area (Å²) in [5, 5.41) is 13.3. The van der Waals surface area contributed by atoms with Gasteiger partial charge in [0.15, 0.2) is 0 Å². The lowest BCUT2D eigenvalue weighted by atomic mass is 9.97. The quantitative estimate of drug-likeness (QED) is 0.733. The smallest absolute Gasteiger partial charge is 0.229 e. The number of carbonyl (C=O) groups is 1. The largest absolute Gasteiger partial charge is 0.497 e. The Hall–Kier alpha value is -2.87. The average Bonchev–Trinajstić information content (AvgIpc) is 3.40. The number of nitrogens with zero attached hydrogens (tertiary/aromatic N) is 4. The van der Waals surface area contributed by atoms with Gasteiger partial charge in [-0.2, -0.15) is 0 Å². The molecule has 0 bridgehead atoms. The van der Waals surface area contributed by atoms with Crippen molar-refractivity contribution in [2.45, 2.75) is 12.8 Å². The zero-order chi connectivity index (χ0) is 18.6. The van der Waals surface area contributed by atoms with E-state index in [1.165, 1.54) is 11.3 Å². The lowest BCUT2D eigenvalue weighted by Crippen LogP contribution is -2.40. The van der Waals surface area contributed by atoms with Gasteiger partial charge in [-0.05, 0) is 37.1 Å². The van der Waals surface area contributed by atoms with E-state index in [4.69, 9.17) is 4.74 Å². The summed E-state index contributed by atoms with van der Waals surface area (Å²) in [5.41, 5.74) is 0.752. The van der Waals surface area contributed by atoms with Crippen LogP contribution < -0.4 is 15.0 Å². The van der Waals surface area contributed by atoms with Crippen LogP contribution in [0.5, 0.6) is 5.75 Å². The maximum atomic E-state index is 12.7. The predicted octanol–water partition coefficient (Wildman–Crippen LogP) is 3.19. The van der Waals surface area contributed by atoms with Crippen molar-refractivity contribution in [1.29, 1.82) is 0 Å². The lowest BCUT2D eigenvalue weighted by Gasteiger charge is -2.31. The summed E-state index contributed by atoms with van der Waals surface area (Å²) < 4.78 is 7.16. The molecule has 1 aliphatic heterocycles. The maximum absolute atomic E-state index is 12.7. The summed E-state index contributed by atoms with van der Waals surface area (Å²) in [4.78, 5) is 14.9. The minimum absolute atomic E-state index is 0.0306. The first kappa shape index (κ1) is 17.5. The first-order chi connectivity index (χ1) is 13.2. The molecule has 0 saturated carbocycles. The number of piperidine rings is 1. The molecule has 1 saturated heterocycles. The molecule has 3 aromatic rings. The predicted molar refractivity (Wildman–Crippen MR) is 106 cm³/mol. The Labute approximate surface area is 161 Å². The Morgan fingerprint density at radius 3 is 2.85 bits per heavy atom. The summed E-state index contributed by atoms with van der Waals surface area (Å²) >= 11 is 1.54. The monoisotopic (exact) mass is 383 g/mol. The van der Waals surface area contributed by atoms with E-state index < -0.39 is 0 Å². The molecule has 4 rings (SSSR count). The van der Waals surface area contributed by atoms with E-state index in [0.717, 1.165) is 41.1 Å². The van der Waals surface area contributed by atoms with Gasteiger partial charge >= 0.3 is 0 Å². The van der Waals surface area contributed by atoms with E-state index in [0.29, 0.717) is 6.54 Å². The summed E-state index contributed by atoms with van der Waals surface area (Å²) in [6.45, 7) is 1.54. The Morgan fingerprint density at radius 1 is 1.22 bits per heavy atom. The van der Waals surface area contributed by atoms with Crippen LogP contribution in [0.15, 0.2) is 48.8 Å². The van der Waals surface area contributed by atoms with Crippen LogP contribution in [0.25, 0.3) is 5.13 Å². The number of amides is 1. The summed E-state index contributed by atoms with van der Waals surface area (Å²) in [6.07, 6.45) is 5.72. The zero-order valence-electron chi connectivity index (χ0n) is 15.0. The molecule has 140 valence electrons. The molecule has 1 amide bonds. The van der Waals surface area contributed by atoms with Crippen LogP contribution in [0.2, 0.25) is 0 Å². The van der Waals surface area contributed by atoms with Crippen LogP contribution in [-0.2, 0) is 4.79 Å². The Kier molecular flexibility index (Phi) is 5.06. The number of benzene rings is 1. The van der Waals surface area contributed by atoms with Crippen LogP contribution in [0, 0.1) is 5.92 Å². The number of aromatic nitrogens is 3. The fourth-order valence-electron chi connectivity index (χ4n) is 3.21. The number of ether oxygens (including phenoxy) is 1. The average molecular weight is 383 g/mol. The number of rotatable bonds is 5. The van der Waals surface area contributed by atoms with Gasteiger partial charge in [-0.25, -0.2) is 0 Å². The van der Waals surface area contributed by atoms with Crippen molar-refractivity contribution < 1.29 is 9.53 Å². The highest BCUT2D eigenvalue weighted by Gasteiger charge is 2.28. The number of anilines is 2. The van der Waals surface area contributed by atoms with E-state index in [-0.39, 0.29) is 11.8 Å². The van der Waals surface area contributed by atoms with E-state index in [2.05, 4.69) is 20.4 Å². The molecule has 1 N–H and O–H groups in total. The summed E-state index contributed by atoms with van der Waals surface area (Å²) in [6, 6.07) is 11.3. The third-order valence-corrected chi connectivity index (χ3v) is 5.63. The maximum Gasteiger partial charge on any atom is 0.229 e. The van der Waals surface area contributed by atoms with Gasteiger partial charge in [0.05, 0.1) is 13.0 Å². The Morgan fingerprint density at radius 2 is 2.04 bits per heavy atom. The van der Waals surface area contributed by atoms with Crippen LogP contribution in [0.4, 0.5) is 10.8 Å². The lowest BCUT2D eigenvalue weighted by molar-refractivity contribution is -0.120. The number of nitrogens with one attached hydrogen (secondary N) is 1. The minimum Gasteiger partial charge on any atom is -0.497 e. The molecule has 1 unspecified atom stereocenters. The molecule has 1 aromatic carbocycles. The molecular formula is C19H21N5O2S. The summed E-state index contributed by atoms with van der Waals surface area (Å²) in [7, 11) is 1.62. The molecule has 7 nitrogen and oxygen atoms in total. The second-order valence-electron chi connectivity index (χ2n) is 6.46. The fraction of sp³-hybridized carbons (Fsp3) is 0.316. The van der Waals surface area contributed by atoms with E-state index in [9.17, 15) is 4.79 Å². The molecule has 2 aromatic heterocycles. The first-order valence-electron chi connectivity index (χ1n) is 8.89. The second kappa shape index (κ2) is 7.79. The molecule has 8 heteroatoms. The van der Waals surface area contributed by atoms with Crippen molar-refractivity contribution in [3.05, 3.63) is 48.8 Å². The topological polar surface area (TPSA) is 72.3 Å². The van der Waals surface area contributed by atoms with Crippen LogP contribution in [0.1, 0.15) is 12.8 Å². The van der Waals surface area contributed by atoms with Crippen molar-refractivity contribution in [3.8, 4) is 10.9 Å². The van der Waals surface area contributed by atoms with Gasteiger partial charge in [-0.1, -0.05) is 17.4 Å². The van der Waals surface area contributed by atoms with Gasteiger partial charge in [0, 0.05) is 37.2 Å². The fourth-order valence-corrected chi connectivity index (χ4v) is 4.06. The van der Waals surface area contributed by atoms with E-state index in [1.54, 1.807) is 7.11 Å². The van der Waals surface area contributed by atoms with Gasteiger partial charge in [0.2, 0.25) is 16.2 Å². The van der Waals surface area contributed by atoms with Crippen molar-refractivity contribution in [2.24, 2.45) is 5.92 Å². The van der Waals surface area contributed by atoms with Gasteiger partial charge < -0.3 is 15.0 Å². The number of hydrogen-bond donors (Lipinski definition) is 1. The molecule has 27 heavy (non-hydrogen) atoms. The Balaban J connectivity index is 1.42. The van der Waals surface area contributed by atoms with Gasteiger partial charge in [-0.3, -0.25) is 9.36 Å². The van der Waals surface area contributed by atoms with Gasteiger partial charge in [-0.15, -0.1) is 10.2 Å². The van der Waals surface area contributed by atoms with Crippen LogP contribution in [-0.4, -0.2) is 40.9 Å². The standard InChI is InChI=1S/C19H21N5O2S/c1-26-16-8-4-7-15(12-16)20-17(25)14-6-5-11-24(13-14)19-22-21-18(27-19)23-9-2-3-10-23/h2-4,7-10,12,14H,5-6,11,13H2,1H3,(H,20,25). The molecule has 1 atom stereocenters. The van der Waals surface area contributed by atoms with Crippen LogP contribution in [0.3, 0.4) is 0 Å². The molecular weight excluding hydrogens is 362 g/mol. The molecule has 1 aliphatic rings. The van der Waals surface area contributed by atoms with Crippen molar-refractivity contribution in [3.63, 3.8) is 0 Å². The second-order valence-corrected chi connectivity index (χ2v) is 7.40. The van der Waals surface area contributed by atoms with Crippen molar-refractivity contribution in [1.82, 2.24) is 14.8 Å². The highest BCUT2D eigenvalue weighted by Crippen LogP contribution is 2.28. The van der Waals surface area contributed by atoms with Crippen molar-refractivity contribution in [2.75, 3.05) is 30.4 Å². The highest BCUT2D eigenvalue weighted by atomic mass is 32.1. The normalized spacial score (nSPS) is 16.9. The molecule has 0 radical (unpaired) electrons. The van der Waals surface area contributed by atoms with Crippen molar-refractivity contribution >= 4 is 28.1 Å². The third-order valence-electron chi connectivity index (χ3n) is 4.63. The number of hydrogen-bond acceptors (Lipinski definition) is 6. The van der Waals surface area contributed by atoms with Gasteiger partial charge in [0.25, 0.3) is 0 Å². The van der Waals surface area contributed by atoms with Crippen LogP contribution >= 0.6 is 11.3 Å². The van der Waals surface area contributed by atoms with Gasteiger partial charge in [0.1, 0.15) is 5.75 Å². The molecule has 0 aliphatic carbocycles. The summed E-state index contributed by atoms with van der Waals surface area (Å²) in [5.74, 6) is 0.677. The SMILES string of the molecule is COc1cccc(NC(=O)C2CCCN(c3nnc(-n4cccc4)s3)C2)c1. The minimum atomic E-state index is -0.0797. The number of carbonyl (C=O) groups excluding carboxylic acids is 1. The highest BCUT2D eigenvalue weighted by molar-refractivity contribution is 7.17.